The molecule has 8 nitrogen and oxygen atoms in total. The lowest BCUT2D eigenvalue weighted by Gasteiger charge is -2.17. The van der Waals surface area contributed by atoms with E-state index in [9.17, 15) is 4.79 Å². The molecule has 1 aliphatic heterocycles. The van der Waals surface area contributed by atoms with E-state index in [-0.39, 0.29) is 26.9 Å². The number of nitrogens with one attached hydrogen (secondary N) is 3. The standard InChI is InChI=1S/C21H16Cl2N6O2/c22-15-2-1-3-16(23)17(15)29-18(24)14-9-25-20(27-19(14)28-21(29)30)26-13-5-4-11-6-7-31-10-12(11)8-13/h1-5,8-9,24H,6-7,10H2,(H2,25,26,27,28,30). The lowest BCUT2D eigenvalue weighted by molar-refractivity contribution is 0.111. The fraction of sp³-hybridized carbons (Fsp3) is 0.143. The van der Waals surface area contributed by atoms with Gasteiger partial charge in [-0.05, 0) is 41.8 Å². The lowest BCUT2D eigenvalue weighted by Crippen LogP contribution is -2.34. The highest BCUT2D eigenvalue weighted by molar-refractivity contribution is 6.37. The van der Waals surface area contributed by atoms with Gasteiger partial charge < -0.3 is 10.1 Å². The SMILES string of the molecule is N=c1c2cnc(Nc3ccc4c(c3)COCC4)nc2[nH]c(=O)n1-c1c(Cl)cccc1Cl. The molecule has 0 fully saturated rings. The highest BCUT2D eigenvalue weighted by Gasteiger charge is 2.15. The number of nitrogens with zero attached hydrogens (tertiary/aromatic N) is 3. The molecule has 1 aliphatic rings. The number of benzene rings is 2. The third-order valence-electron chi connectivity index (χ3n) is 5.09. The summed E-state index contributed by atoms with van der Waals surface area (Å²) in [6.07, 6.45) is 2.37. The van der Waals surface area contributed by atoms with Crippen LogP contribution in [0.4, 0.5) is 11.6 Å². The van der Waals surface area contributed by atoms with Crippen LogP contribution in [0.2, 0.25) is 10.0 Å². The number of hydrogen-bond donors (Lipinski definition) is 3. The van der Waals surface area contributed by atoms with E-state index in [2.05, 4.69) is 26.3 Å². The van der Waals surface area contributed by atoms with E-state index >= 15 is 0 Å². The number of para-hydroxylation sites is 1. The molecule has 156 valence electrons. The molecular weight excluding hydrogens is 439 g/mol. The topological polar surface area (TPSA) is 109 Å². The second-order valence-corrected chi connectivity index (χ2v) is 7.87. The molecule has 0 amide bonds. The molecule has 2 aromatic carbocycles. The Morgan fingerprint density at radius 2 is 1.97 bits per heavy atom. The third-order valence-corrected chi connectivity index (χ3v) is 5.70. The number of fused-ring (bicyclic) bond motifs is 2. The van der Waals surface area contributed by atoms with Gasteiger partial charge in [-0.25, -0.2) is 14.3 Å². The number of hydrogen-bond acceptors (Lipinski definition) is 6. The Kier molecular flexibility index (Phi) is 4.97. The van der Waals surface area contributed by atoms with E-state index in [1.165, 1.54) is 11.8 Å². The molecule has 5 rings (SSSR count). The minimum Gasteiger partial charge on any atom is -0.376 e. The molecule has 31 heavy (non-hydrogen) atoms. The van der Waals surface area contributed by atoms with Gasteiger partial charge in [-0.2, -0.15) is 4.98 Å². The third kappa shape index (κ3) is 3.59. The van der Waals surface area contributed by atoms with Crippen LogP contribution < -0.4 is 16.5 Å². The molecular formula is C21H16Cl2N6O2. The Hall–Kier alpha value is -3.20. The predicted molar refractivity (Wildman–Crippen MR) is 118 cm³/mol. The maximum Gasteiger partial charge on any atom is 0.333 e. The first-order valence-electron chi connectivity index (χ1n) is 9.49. The zero-order valence-electron chi connectivity index (χ0n) is 16.1. The first-order valence-corrected chi connectivity index (χ1v) is 10.2. The fourth-order valence-electron chi connectivity index (χ4n) is 3.58. The summed E-state index contributed by atoms with van der Waals surface area (Å²) in [5.41, 5.74) is 2.96. The number of rotatable bonds is 3. The molecule has 0 radical (unpaired) electrons. The second kappa shape index (κ2) is 7.81. The number of halogens is 2. The summed E-state index contributed by atoms with van der Waals surface area (Å²) in [5.74, 6) is 0.299. The van der Waals surface area contributed by atoms with Crippen molar-refractivity contribution in [2.24, 2.45) is 0 Å². The van der Waals surface area contributed by atoms with Gasteiger partial charge in [-0.1, -0.05) is 35.3 Å². The average Bonchev–Trinajstić information content (AvgIpc) is 2.75. The highest BCUT2D eigenvalue weighted by Crippen LogP contribution is 2.27. The summed E-state index contributed by atoms with van der Waals surface area (Å²) < 4.78 is 6.61. The molecule has 0 bridgehead atoms. The number of H-pyrrole nitrogens is 1. The molecule has 10 heteroatoms. The minimum atomic E-state index is -0.580. The maximum atomic E-state index is 12.8. The first kappa shape index (κ1) is 19.7. The molecule has 2 aromatic heterocycles. The normalized spacial score (nSPS) is 13.2. The molecule has 0 saturated carbocycles. The summed E-state index contributed by atoms with van der Waals surface area (Å²) in [4.78, 5) is 24.1. The summed E-state index contributed by atoms with van der Waals surface area (Å²) in [6.45, 7) is 1.30. The van der Waals surface area contributed by atoms with Gasteiger partial charge in [-0.3, -0.25) is 10.4 Å². The smallest absolute Gasteiger partial charge is 0.333 e. The Labute approximate surface area is 186 Å². The van der Waals surface area contributed by atoms with Gasteiger partial charge in [0.25, 0.3) is 0 Å². The summed E-state index contributed by atoms with van der Waals surface area (Å²) >= 11 is 12.5. The predicted octanol–water partition coefficient (Wildman–Crippen LogP) is 3.71. The quantitative estimate of drug-likeness (QED) is 0.437. The van der Waals surface area contributed by atoms with Crippen LogP contribution in [-0.4, -0.2) is 26.1 Å². The molecule has 3 heterocycles. The van der Waals surface area contributed by atoms with Gasteiger partial charge in [0.05, 0.1) is 34.3 Å². The molecule has 3 N–H and O–H groups in total. The summed E-state index contributed by atoms with van der Waals surface area (Å²) in [5, 5.41) is 12.5. The number of ether oxygens (including phenoxy) is 1. The van der Waals surface area contributed by atoms with Crippen LogP contribution in [0.1, 0.15) is 11.1 Å². The van der Waals surface area contributed by atoms with Crippen LogP contribution in [0, 0.1) is 5.41 Å². The van der Waals surface area contributed by atoms with Gasteiger partial charge >= 0.3 is 5.69 Å². The van der Waals surface area contributed by atoms with Gasteiger partial charge in [0.2, 0.25) is 5.95 Å². The molecule has 0 spiro atoms. The molecule has 0 saturated heterocycles. The van der Waals surface area contributed by atoms with Crippen LogP contribution in [-0.2, 0) is 17.8 Å². The first-order chi connectivity index (χ1) is 15.0. The van der Waals surface area contributed by atoms with E-state index in [1.54, 1.807) is 18.2 Å². The Balaban J connectivity index is 1.56. The average molecular weight is 455 g/mol. The molecule has 0 unspecified atom stereocenters. The minimum absolute atomic E-state index is 0.119. The van der Waals surface area contributed by atoms with Crippen LogP contribution >= 0.6 is 23.2 Å². The van der Waals surface area contributed by atoms with Crippen molar-refractivity contribution in [1.82, 2.24) is 19.5 Å². The molecule has 0 atom stereocenters. The Morgan fingerprint density at radius 3 is 2.77 bits per heavy atom. The zero-order chi connectivity index (χ0) is 21.5. The van der Waals surface area contributed by atoms with E-state index in [1.807, 2.05) is 12.1 Å². The zero-order valence-corrected chi connectivity index (χ0v) is 17.6. The monoisotopic (exact) mass is 454 g/mol. The van der Waals surface area contributed by atoms with Crippen molar-refractivity contribution in [1.29, 1.82) is 5.41 Å². The van der Waals surface area contributed by atoms with Crippen molar-refractivity contribution in [2.45, 2.75) is 13.0 Å². The van der Waals surface area contributed by atoms with Crippen LogP contribution in [0.3, 0.4) is 0 Å². The van der Waals surface area contributed by atoms with Crippen molar-refractivity contribution >= 4 is 45.9 Å². The van der Waals surface area contributed by atoms with Crippen molar-refractivity contribution in [3.8, 4) is 5.69 Å². The van der Waals surface area contributed by atoms with Crippen molar-refractivity contribution < 1.29 is 4.74 Å². The maximum absolute atomic E-state index is 12.8. The molecule has 4 aromatic rings. The van der Waals surface area contributed by atoms with E-state index in [4.69, 9.17) is 33.3 Å². The summed E-state index contributed by atoms with van der Waals surface area (Å²) in [7, 11) is 0. The highest BCUT2D eigenvalue weighted by atomic mass is 35.5. The van der Waals surface area contributed by atoms with Gasteiger partial charge in [0.15, 0.2) is 5.65 Å². The Morgan fingerprint density at radius 1 is 1.16 bits per heavy atom. The number of anilines is 2. The van der Waals surface area contributed by atoms with E-state index < -0.39 is 5.69 Å². The van der Waals surface area contributed by atoms with Gasteiger partial charge in [0.1, 0.15) is 5.49 Å². The van der Waals surface area contributed by atoms with Crippen molar-refractivity contribution in [2.75, 3.05) is 11.9 Å². The van der Waals surface area contributed by atoms with Crippen molar-refractivity contribution in [3.63, 3.8) is 0 Å². The van der Waals surface area contributed by atoms with Crippen molar-refractivity contribution in [3.05, 3.63) is 79.7 Å². The van der Waals surface area contributed by atoms with E-state index in [0.29, 0.717) is 17.9 Å². The Bertz CT molecular complexity index is 1430. The fourth-order valence-corrected chi connectivity index (χ4v) is 4.15. The lowest BCUT2D eigenvalue weighted by atomic mass is 10.0. The number of aromatic amines is 1. The van der Waals surface area contributed by atoms with Crippen LogP contribution in [0.25, 0.3) is 16.7 Å². The number of aromatic nitrogens is 4. The van der Waals surface area contributed by atoms with Gasteiger partial charge in [-0.15, -0.1) is 0 Å². The second-order valence-electron chi connectivity index (χ2n) is 7.05. The van der Waals surface area contributed by atoms with Gasteiger partial charge in [0, 0.05) is 11.9 Å². The van der Waals surface area contributed by atoms with Crippen LogP contribution in [0.15, 0.2) is 47.4 Å². The molecule has 0 aliphatic carbocycles. The van der Waals surface area contributed by atoms with Crippen LogP contribution in [0.5, 0.6) is 0 Å². The summed E-state index contributed by atoms with van der Waals surface area (Å²) in [6, 6.07) is 10.9. The largest absolute Gasteiger partial charge is 0.376 e. The van der Waals surface area contributed by atoms with E-state index in [0.717, 1.165) is 28.8 Å².